The van der Waals surface area contributed by atoms with Crippen LogP contribution < -0.4 is 5.32 Å². The summed E-state index contributed by atoms with van der Waals surface area (Å²) in [6.45, 7) is 4.31. The molecule has 5 heteroatoms. The molecule has 0 bridgehead atoms. The monoisotopic (exact) mass is 292 g/mol. The smallest absolute Gasteiger partial charge is 0.152 e. The Bertz CT molecular complexity index is 599. The first-order valence-electron chi connectivity index (χ1n) is 7.27. The molecule has 0 atom stereocenters. The van der Waals surface area contributed by atoms with E-state index < -0.39 is 0 Å². The molecule has 108 valence electrons. The Balaban J connectivity index is 1.91. The minimum absolute atomic E-state index is 0.0267. The molecule has 0 radical (unpaired) electrons. The second-order valence-electron chi connectivity index (χ2n) is 6.11. The van der Waals surface area contributed by atoms with E-state index in [2.05, 4.69) is 28.4 Å². The van der Waals surface area contributed by atoms with Crippen molar-refractivity contribution in [3.8, 4) is 0 Å². The van der Waals surface area contributed by atoms with E-state index >= 15 is 0 Å². The molecule has 0 amide bonds. The number of rotatable bonds is 3. The Kier molecular flexibility index (Phi) is 3.59. The fraction of sp³-hybridized carbons (Fsp3) is 0.600. The van der Waals surface area contributed by atoms with E-state index in [1.165, 1.54) is 12.8 Å². The third-order valence-electron chi connectivity index (χ3n) is 4.38. The molecule has 1 saturated carbocycles. The lowest BCUT2D eigenvalue weighted by Gasteiger charge is -2.39. The minimum Gasteiger partial charge on any atom is -0.362 e. The summed E-state index contributed by atoms with van der Waals surface area (Å²) in [5.74, 6) is 2.31. The van der Waals surface area contributed by atoms with Gasteiger partial charge in [0.2, 0.25) is 0 Å². The highest BCUT2D eigenvalue weighted by Crippen LogP contribution is 2.35. The van der Waals surface area contributed by atoms with Gasteiger partial charge in [0.25, 0.3) is 0 Å². The molecule has 0 aliphatic heterocycles. The molecule has 1 fully saturated rings. The van der Waals surface area contributed by atoms with Gasteiger partial charge in [-0.1, -0.05) is 6.92 Å². The number of aryl methyl sites for hydroxylation is 1. The average Bonchev–Trinajstić information content (AvgIpc) is 2.83. The third-order valence-corrected chi connectivity index (χ3v) is 4.89. The van der Waals surface area contributed by atoms with Gasteiger partial charge in [-0.2, -0.15) is 5.10 Å². The zero-order valence-corrected chi connectivity index (χ0v) is 12.8. The van der Waals surface area contributed by atoms with Crippen molar-refractivity contribution in [2.75, 3.05) is 11.2 Å². The molecule has 0 aromatic carbocycles. The van der Waals surface area contributed by atoms with Gasteiger partial charge < -0.3 is 5.32 Å². The van der Waals surface area contributed by atoms with E-state index in [9.17, 15) is 0 Å². The van der Waals surface area contributed by atoms with Crippen LogP contribution in [0.15, 0.2) is 18.5 Å². The molecule has 1 aliphatic carbocycles. The molecular formula is C15H21ClN4. The Morgan fingerprint density at radius 3 is 2.90 bits per heavy atom. The number of halogens is 1. The van der Waals surface area contributed by atoms with Crippen LogP contribution in [0.3, 0.4) is 0 Å². The van der Waals surface area contributed by atoms with Crippen molar-refractivity contribution in [1.29, 1.82) is 0 Å². The van der Waals surface area contributed by atoms with Gasteiger partial charge in [-0.3, -0.25) is 0 Å². The van der Waals surface area contributed by atoms with Crippen molar-refractivity contribution in [1.82, 2.24) is 14.6 Å². The predicted molar refractivity (Wildman–Crippen MR) is 82.4 cm³/mol. The number of nitrogens with zero attached hydrogens (tertiary/aromatic N) is 3. The van der Waals surface area contributed by atoms with Gasteiger partial charge in [0.1, 0.15) is 5.52 Å². The highest BCUT2D eigenvalue weighted by molar-refractivity contribution is 6.18. The zero-order valence-electron chi connectivity index (χ0n) is 12.1. The van der Waals surface area contributed by atoms with Crippen molar-refractivity contribution < 1.29 is 0 Å². The molecule has 0 saturated heterocycles. The lowest BCUT2D eigenvalue weighted by atomic mass is 9.78. The van der Waals surface area contributed by atoms with Gasteiger partial charge in [-0.05, 0) is 44.6 Å². The van der Waals surface area contributed by atoms with Crippen LogP contribution >= 0.6 is 11.6 Å². The molecule has 2 heterocycles. The van der Waals surface area contributed by atoms with Gasteiger partial charge in [0.15, 0.2) is 5.82 Å². The Hall–Kier alpha value is -1.29. The summed E-state index contributed by atoms with van der Waals surface area (Å²) in [7, 11) is 0. The summed E-state index contributed by atoms with van der Waals surface area (Å²) >= 11 is 6.28. The molecule has 1 aliphatic rings. The van der Waals surface area contributed by atoms with Crippen LogP contribution in [0.4, 0.5) is 5.82 Å². The predicted octanol–water partition coefficient (Wildman–Crippen LogP) is 3.64. The standard InChI is InChI=1S/C15H21ClN4/c1-11-3-5-15(10-16,6-4-11)18-14-13-9-12(2)19-20(13)8-7-17-14/h7-9,11H,3-6,10H2,1-2H3,(H,17,18). The number of nitrogens with one attached hydrogen (secondary N) is 1. The lowest BCUT2D eigenvalue weighted by molar-refractivity contribution is 0.286. The first kappa shape index (κ1) is 13.7. The van der Waals surface area contributed by atoms with E-state index in [4.69, 9.17) is 11.6 Å². The van der Waals surface area contributed by atoms with Crippen LogP contribution in [0, 0.1) is 12.8 Å². The second kappa shape index (κ2) is 5.24. The largest absolute Gasteiger partial charge is 0.362 e. The van der Waals surface area contributed by atoms with E-state index in [1.807, 2.05) is 17.6 Å². The highest BCUT2D eigenvalue weighted by atomic mass is 35.5. The zero-order chi connectivity index (χ0) is 14.2. The van der Waals surface area contributed by atoms with Crippen LogP contribution in [0.2, 0.25) is 0 Å². The lowest BCUT2D eigenvalue weighted by Crippen LogP contribution is -2.43. The summed E-state index contributed by atoms with van der Waals surface area (Å²) in [5, 5.41) is 8.05. The molecule has 2 aromatic heterocycles. The molecule has 4 nitrogen and oxygen atoms in total. The molecule has 2 aromatic rings. The number of alkyl halides is 1. The maximum absolute atomic E-state index is 6.28. The number of anilines is 1. The SMILES string of the molecule is Cc1cc2c(NC3(CCl)CCC(C)CC3)nccn2n1. The van der Waals surface area contributed by atoms with Crippen molar-refractivity contribution in [2.45, 2.75) is 45.1 Å². The summed E-state index contributed by atoms with van der Waals surface area (Å²) < 4.78 is 1.87. The molecule has 0 spiro atoms. The van der Waals surface area contributed by atoms with E-state index in [-0.39, 0.29) is 5.54 Å². The normalized spacial score (nSPS) is 26.9. The van der Waals surface area contributed by atoms with Gasteiger partial charge in [-0.15, -0.1) is 11.6 Å². The van der Waals surface area contributed by atoms with Crippen LogP contribution in [-0.2, 0) is 0 Å². The van der Waals surface area contributed by atoms with Gasteiger partial charge in [-0.25, -0.2) is 9.50 Å². The van der Waals surface area contributed by atoms with E-state index in [0.29, 0.717) is 5.88 Å². The van der Waals surface area contributed by atoms with Crippen molar-refractivity contribution >= 4 is 22.9 Å². The fourth-order valence-electron chi connectivity index (χ4n) is 3.00. The second-order valence-corrected chi connectivity index (χ2v) is 6.38. The molecule has 3 rings (SSSR count). The topological polar surface area (TPSA) is 42.2 Å². The van der Waals surface area contributed by atoms with Gasteiger partial charge in [0.05, 0.1) is 11.2 Å². The maximum atomic E-state index is 6.28. The molecule has 20 heavy (non-hydrogen) atoms. The first-order chi connectivity index (χ1) is 9.62. The summed E-state index contributed by atoms with van der Waals surface area (Å²) in [6, 6.07) is 2.06. The minimum atomic E-state index is -0.0267. The van der Waals surface area contributed by atoms with Crippen LogP contribution in [0.25, 0.3) is 5.52 Å². The van der Waals surface area contributed by atoms with Crippen molar-refractivity contribution in [3.63, 3.8) is 0 Å². The quantitative estimate of drug-likeness (QED) is 0.878. The third kappa shape index (κ3) is 2.49. The molecular weight excluding hydrogens is 272 g/mol. The summed E-state index contributed by atoms with van der Waals surface area (Å²) in [4.78, 5) is 4.50. The number of hydrogen-bond donors (Lipinski definition) is 1. The van der Waals surface area contributed by atoms with Crippen LogP contribution in [-0.4, -0.2) is 26.0 Å². The number of aromatic nitrogens is 3. The van der Waals surface area contributed by atoms with Crippen molar-refractivity contribution in [3.05, 3.63) is 24.2 Å². The Labute approximate surface area is 124 Å². The van der Waals surface area contributed by atoms with Gasteiger partial charge in [0, 0.05) is 18.3 Å². The Morgan fingerprint density at radius 2 is 2.20 bits per heavy atom. The summed E-state index contributed by atoms with van der Waals surface area (Å²) in [5.41, 5.74) is 1.99. The average molecular weight is 293 g/mol. The number of hydrogen-bond acceptors (Lipinski definition) is 3. The fourth-order valence-corrected chi connectivity index (χ4v) is 3.33. The van der Waals surface area contributed by atoms with Gasteiger partial charge >= 0.3 is 0 Å². The van der Waals surface area contributed by atoms with Crippen LogP contribution in [0.1, 0.15) is 38.3 Å². The number of fused-ring (bicyclic) bond motifs is 1. The Morgan fingerprint density at radius 1 is 1.45 bits per heavy atom. The molecule has 0 unspecified atom stereocenters. The molecule has 1 N–H and O–H groups in total. The van der Waals surface area contributed by atoms with E-state index in [1.54, 1.807) is 6.20 Å². The highest BCUT2D eigenvalue weighted by Gasteiger charge is 2.34. The van der Waals surface area contributed by atoms with E-state index in [0.717, 1.165) is 35.8 Å². The first-order valence-corrected chi connectivity index (χ1v) is 7.80. The summed E-state index contributed by atoms with van der Waals surface area (Å²) in [6.07, 6.45) is 8.32. The van der Waals surface area contributed by atoms with Crippen molar-refractivity contribution in [2.24, 2.45) is 5.92 Å². The van der Waals surface area contributed by atoms with Crippen LogP contribution in [0.5, 0.6) is 0 Å². The maximum Gasteiger partial charge on any atom is 0.152 e.